The summed E-state index contributed by atoms with van der Waals surface area (Å²) in [4.78, 5) is 0. The molecule has 1 saturated heterocycles. The molecule has 1 aliphatic heterocycles. The van der Waals surface area contributed by atoms with Gasteiger partial charge in [-0.2, -0.15) is 0 Å². The standard InChI is InChI=1S/C26H25F3S2/c1-3-5-17-6-8-18(9-7-17)19-10-11-21(22(27)14-19)20-15-23(28)25(24(29)16-20)26(2)30-12-4-13-31-26/h6-11,14-16H,3-5,12-13H2,1-2H3. The lowest BCUT2D eigenvalue weighted by molar-refractivity contribution is 0.551. The van der Waals surface area contributed by atoms with Crippen LogP contribution in [-0.4, -0.2) is 11.5 Å². The Kier molecular flexibility index (Phi) is 6.73. The predicted octanol–water partition coefficient (Wildman–Crippen LogP) is 8.43. The van der Waals surface area contributed by atoms with Crippen molar-refractivity contribution in [2.45, 2.75) is 37.2 Å². The van der Waals surface area contributed by atoms with Crippen molar-refractivity contribution < 1.29 is 13.2 Å². The van der Waals surface area contributed by atoms with Crippen molar-refractivity contribution in [3.05, 3.63) is 83.2 Å². The Morgan fingerprint density at radius 3 is 1.94 bits per heavy atom. The third-order valence-corrected chi connectivity index (χ3v) is 8.85. The van der Waals surface area contributed by atoms with E-state index in [4.69, 9.17) is 0 Å². The summed E-state index contributed by atoms with van der Waals surface area (Å²) in [5, 5.41) is 0. The summed E-state index contributed by atoms with van der Waals surface area (Å²) >= 11 is 3.13. The molecule has 0 atom stereocenters. The maximum Gasteiger partial charge on any atom is 0.132 e. The van der Waals surface area contributed by atoms with Gasteiger partial charge in [0.2, 0.25) is 0 Å². The van der Waals surface area contributed by atoms with Crippen molar-refractivity contribution in [1.29, 1.82) is 0 Å². The highest BCUT2D eigenvalue weighted by Crippen LogP contribution is 2.51. The number of benzene rings is 3. The third-order valence-electron chi connectivity index (χ3n) is 5.65. The normalized spacial score (nSPS) is 15.8. The average molecular weight is 459 g/mol. The number of aryl methyl sites for hydroxylation is 1. The van der Waals surface area contributed by atoms with Crippen LogP contribution in [0, 0.1) is 17.5 Å². The first kappa shape index (κ1) is 22.3. The van der Waals surface area contributed by atoms with Gasteiger partial charge in [-0.1, -0.05) is 49.7 Å². The summed E-state index contributed by atoms with van der Waals surface area (Å²) in [5.74, 6) is 0.0253. The van der Waals surface area contributed by atoms with Crippen LogP contribution in [0.1, 0.15) is 37.8 Å². The molecular formula is C26H25F3S2. The molecule has 3 aromatic carbocycles. The van der Waals surface area contributed by atoms with E-state index in [1.54, 1.807) is 35.7 Å². The number of thioether (sulfide) groups is 2. The van der Waals surface area contributed by atoms with Crippen LogP contribution >= 0.6 is 23.5 Å². The fourth-order valence-corrected chi connectivity index (χ4v) is 7.07. The Bertz CT molecular complexity index is 1050. The van der Waals surface area contributed by atoms with Crippen molar-refractivity contribution in [3.8, 4) is 22.3 Å². The molecule has 0 radical (unpaired) electrons. The van der Waals surface area contributed by atoms with E-state index < -0.39 is 21.5 Å². The van der Waals surface area contributed by atoms with Gasteiger partial charge in [-0.3, -0.25) is 0 Å². The Morgan fingerprint density at radius 2 is 1.35 bits per heavy atom. The Balaban J connectivity index is 1.65. The maximum atomic E-state index is 15.0. The van der Waals surface area contributed by atoms with Crippen molar-refractivity contribution in [3.63, 3.8) is 0 Å². The molecule has 0 aromatic heterocycles. The second kappa shape index (κ2) is 9.33. The number of hydrogen-bond acceptors (Lipinski definition) is 2. The zero-order valence-corrected chi connectivity index (χ0v) is 19.3. The van der Waals surface area contributed by atoms with Crippen LogP contribution < -0.4 is 0 Å². The molecule has 31 heavy (non-hydrogen) atoms. The monoisotopic (exact) mass is 458 g/mol. The van der Waals surface area contributed by atoms with Crippen LogP contribution in [0.2, 0.25) is 0 Å². The van der Waals surface area contributed by atoms with E-state index in [2.05, 4.69) is 19.1 Å². The maximum absolute atomic E-state index is 15.0. The van der Waals surface area contributed by atoms with Gasteiger partial charge in [0.1, 0.15) is 17.5 Å². The lowest BCUT2D eigenvalue weighted by Gasteiger charge is -2.33. The van der Waals surface area contributed by atoms with Gasteiger partial charge in [0.25, 0.3) is 0 Å². The molecule has 4 rings (SSSR count). The minimum absolute atomic E-state index is 0.0788. The summed E-state index contributed by atoms with van der Waals surface area (Å²) in [6, 6.07) is 15.4. The highest BCUT2D eigenvalue weighted by atomic mass is 32.2. The van der Waals surface area contributed by atoms with Crippen molar-refractivity contribution in [2.75, 3.05) is 11.5 Å². The van der Waals surface area contributed by atoms with Gasteiger partial charge in [-0.15, -0.1) is 23.5 Å². The highest BCUT2D eigenvalue weighted by molar-refractivity contribution is 8.18. The van der Waals surface area contributed by atoms with E-state index in [0.29, 0.717) is 0 Å². The minimum atomic E-state index is -0.655. The van der Waals surface area contributed by atoms with Gasteiger partial charge in [-0.05, 0) is 71.7 Å². The topological polar surface area (TPSA) is 0 Å². The Labute approximate surface area is 190 Å². The molecule has 0 bridgehead atoms. The van der Waals surface area contributed by atoms with Crippen LogP contribution in [0.25, 0.3) is 22.3 Å². The van der Waals surface area contributed by atoms with Crippen LogP contribution in [0.5, 0.6) is 0 Å². The zero-order chi connectivity index (χ0) is 22.0. The molecule has 1 aliphatic rings. The molecule has 3 aromatic rings. The summed E-state index contributed by atoms with van der Waals surface area (Å²) in [6.45, 7) is 4.00. The largest absolute Gasteiger partial charge is 0.206 e. The first-order chi connectivity index (χ1) is 14.9. The van der Waals surface area contributed by atoms with Gasteiger partial charge < -0.3 is 0 Å². The SMILES string of the molecule is CCCc1ccc(-c2ccc(-c3cc(F)c(C4(C)SCCCS4)c(F)c3)c(F)c2)cc1. The lowest BCUT2D eigenvalue weighted by Crippen LogP contribution is -2.22. The summed E-state index contributed by atoms with van der Waals surface area (Å²) < 4.78 is 44.3. The van der Waals surface area contributed by atoms with E-state index in [1.807, 2.05) is 19.1 Å². The highest BCUT2D eigenvalue weighted by Gasteiger charge is 2.36. The molecule has 0 amide bonds. The number of rotatable bonds is 5. The van der Waals surface area contributed by atoms with Crippen molar-refractivity contribution >= 4 is 23.5 Å². The van der Waals surface area contributed by atoms with Gasteiger partial charge in [-0.25, -0.2) is 13.2 Å². The summed E-state index contributed by atoms with van der Waals surface area (Å²) in [6.07, 6.45) is 3.12. The minimum Gasteiger partial charge on any atom is -0.206 e. The average Bonchev–Trinajstić information content (AvgIpc) is 2.74. The second-order valence-corrected chi connectivity index (χ2v) is 11.2. The van der Waals surface area contributed by atoms with Gasteiger partial charge in [0.05, 0.1) is 4.08 Å². The van der Waals surface area contributed by atoms with Crippen LogP contribution in [0.3, 0.4) is 0 Å². The molecule has 0 spiro atoms. The van der Waals surface area contributed by atoms with E-state index in [-0.39, 0.29) is 16.7 Å². The van der Waals surface area contributed by atoms with Crippen LogP contribution in [-0.2, 0) is 10.5 Å². The fourth-order valence-electron chi connectivity index (χ4n) is 4.02. The fraction of sp³-hybridized carbons (Fsp3) is 0.308. The molecule has 1 heterocycles. The molecule has 0 aliphatic carbocycles. The molecule has 5 heteroatoms. The molecule has 0 nitrogen and oxygen atoms in total. The number of halogens is 3. The quantitative estimate of drug-likeness (QED) is 0.376. The second-order valence-electron chi connectivity index (χ2n) is 7.95. The lowest BCUT2D eigenvalue weighted by atomic mass is 9.97. The smallest absolute Gasteiger partial charge is 0.132 e. The summed E-state index contributed by atoms with van der Waals surface area (Å²) in [5.41, 5.74) is 3.40. The predicted molar refractivity (Wildman–Crippen MR) is 128 cm³/mol. The van der Waals surface area contributed by atoms with E-state index >= 15 is 8.78 Å². The van der Waals surface area contributed by atoms with Crippen molar-refractivity contribution in [1.82, 2.24) is 0 Å². The Hall–Kier alpha value is -1.85. The van der Waals surface area contributed by atoms with Crippen molar-refractivity contribution in [2.24, 2.45) is 0 Å². The zero-order valence-electron chi connectivity index (χ0n) is 17.7. The van der Waals surface area contributed by atoms with Gasteiger partial charge in [0, 0.05) is 11.1 Å². The third kappa shape index (κ3) is 4.68. The van der Waals surface area contributed by atoms with E-state index in [9.17, 15) is 4.39 Å². The van der Waals surface area contributed by atoms with Gasteiger partial charge in [0.15, 0.2) is 0 Å². The molecular weight excluding hydrogens is 433 g/mol. The van der Waals surface area contributed by atoms with E-state index in [0.717, 1.165) is 41.9 Å². The van der Waals surface area contributed by atoms with Gasteiger partial charge >= 0.3 is 0 Å². The molecule has 1 fully saturated rings. The summed E-state index contributed by atoms with van der Waals surface area (Å²) in [7, 11) is 0. The number of hydrogen-bond donors (Lipinski definition) is 0. The van der Waals surface area contributed by atoms with E-state index in [1.165, 1.54) is 23.8 Å². The first-order valence-electron chi connectivity index (χ1n) is 10.6. The first-order valence-corrected chi connectivity index (χ1v) is 12.5. The van der Waals surface area contributed by atoms with Crippen LogP contribution in [0.15, 0.2) is 54.6 Å². The van der Waals surface area contributed by atoms with Crippen LogP contribution in [0.4, 0.5) is 13.2 Å². The molecule has 0 N–H and O–H groups in total. The molecule has 162 valence electrons. The molecule has 0 unspecified atom stereocenters. The molecule has 0 saturated carbocycles. The Morgan fingerprint density at radius 1 is 0.774 bits per heavy atom.